The molecule has 0 aliphatic rings. The van der Waals surface area contributed by atoms with Gasteiger partial charge in [-0.25, -0.2) is 0 Å². The summed E-state index contributed by atoms with van der Waals surface area (Å²) < 4.78 is 0. The number of hydrogen-bond donors (Lipinski definition) is 1. The van der Waals surface area contributed by atoms with Crippen LogP contribution in [0.4, 0.5) is 5.69 Å². The summed E-state index contributed by atoms with van der Waals surface area (Å²) in [4.78, 5) is 0. The number of rotatable bonds is 4. The number of aryl methyl sites for hydroxylation is 2. The lowest BCUT2D eigenvalue weighted by Gasteiger charge is -2.06. The fourth-order valence-electron chi connectivity index (χ4n) is 2.63. The molecule has 3 aromatic rings. The van der Waals surface area contributed by atoms with E-state index in [0.29, 0.717) is 0 Å². The molecule has 0 saturated carbocycles. The van der Waals surface area contributed by atoms with Crippen LogP contribution in [0.5, 0.6) is 0 Å². The maximum Gasteiger partial charge on any atom is 0.0561 e. The van der Waals surface area contributed by atoms with Crippen LogP contribution < -0.4 is 5.43 Å². The zero-order valence-electron chi connectivity index (χ0n) is 13.5. The predicted octanol–water partition coefficient (Wildman–Crippen LogP) is 5.42. The summed E-state index contributed by atoms with van der Waals surface area (Å²) >= 11 is 0. The van der Waals surface area contributed by atoms with Crippen molar-refractivity contribution in [3.05, 3.63) is 89.5 Å². The minimum absolute atomic E-state index is 0.981. The van der Waals surface area contributed by atoms with E-state index in [2.05, 4.69) is 66.8 Å². The molecule has 0 aliphatic carbocycles. The van der Waals surface area contributed by atoms with Crippen LogP contribution in [0.3, 0.4) is 0 Å². The van der Waals surface area contributed by atoms with E-state index < -0.39 is 0 Å². The summed E-state index contributed by atoms with van der Waals surface area (Å²) in [6, 6.07) is 25.0. The lowest BCUT2D eigenvalue weighted by molar-refractivity contribution is 1.35. The average molecular weight is 300 g/mol. The smallest absolute Gasteiger partial charge is 0.0561 e. The van der Waals surface area contributed by atoms with E-state index in [-0.39, 0.29) is 0 Å². The zero-order chi connectivity index (χ0) is 16.1. The lowest BCUT2D eigenvalue weighted by atomic mass is 9.99. The van der Waals surface area contributed by atoms with Crippen molar-refractivity contribution in [1.29, 1.82) is 0 Å². The molecule has 23 heavy (non-hydrogen) atoms. The Bertz CT molecular complexity index is 800. The molecule has 0 bridgehead atoms. The second-order valence-corrected chi connectivity index (χ2v) is 5.74. The van der Waals surface area contributed by atoms with E-state index in [1.54, 1.807) is 0 Å². The van der Waals surface area contributed by atoms with Crippen molar-refractivity contribution < 1.29 is 0 Å². The Balaban J connectivity index is 1.79. The third-order valence-corrected chi connectivity index (χ3v) is 3.62. The van der Waals surface area contributed by atoms with Gasteiger partial charge < -0.3 is 0 Å². The lowest BCUT2D eigenvalue weighted by Crippen LogP contribution is -1.91. The molecule has 0 radical (unpaired) electrons. The Kier molecular flexibility index (Phi) is 4.53. The number of hydrazone groups is 1. The summed E-state index contributed by atoms with van der Waals surface area (Å²) in [5, 5.41) is 4.31. The highest BCUT2D eigenvalue weighted by atomic mass is 15.3. The molecule has 1 N–H and O–H groups in total. The number of para-hydroxylation sites is 1. The molecule has 3 rings (SSSR count). The molecule has 0 heterocycles. The highest BCUT2D eigenvalue weighted by Crippen LogP contribution is 2.22. The monoisotopic (exact) mass is 300 g/mol. The largest absolute Gasteiger partial charge is 0.279 e. The number of benzene rings is 3. The van der Waals surface area contributed by atoms with Gasteiger partial charge in [-0.1, -0.05) is 65.7 Å². The number of anilines is 1. The molecule has 0 spiro atoms. The minimum Gasteiger partial charge on any atom is -0.279 e. The predicted molar refractivity (Wildman–Crippen MR) is 99.0 cm³/mol. The van der Waals surface area contributed by atoms with Crippen molar-refractivity contribution in [2.75, 3.05) is 5.43 Å². The molecular formula is C21H20N2. The molecule has 0 aliphatic heterocycles. The topological polar surface area (TPSA) is 24.4 Å². The van der Waals surface area contributed by atoms with Gasteiger partial charge in [0.15, 0.2) is 0 Å². The van der Waals surface area contributed by atoms with Crippen LogP contribution in [-0.2, 0) is 0 Å². The Morgan fingerprint density at radius 2 is 1.48 bits per heavy atom. The van der Waals surface area contributed by atoms with Crippen LogP contribution in [0, 0.1) is 13.8 Å². The number of nitrogens with zero attached hydrogens (tertiary/aromatic N) is 1. The van der Waals surface area contributed by atoms with Crippen molar-refractivity contribution in [2.45, 2.75) is 13.8 Å². The van der Waals surface area contributed by atoms with Crippen LogP contribution in [0.2, 0.25) is 0 Å². The summed E-state index contributed by atoms with van der Waals surface area (Å²) in [5.41, 5.74) is 10.1. The van der Waals surface area contributed by atoms with E-state index in [9.17, 15) is 0 Å². The fourth-order valence-corrected chi connectivity index (χ4v) is 2.63. The molecule has 0 atom stereocenters. The van der Waals surface area contributed by atoms with Gasteiger partial charge in [-0.05, 0) is 48.7 Å². The third-order valence-electron chi connectivity index (χ3n) is 3.62. The highest BCUT2D eigenvalue weighted by molar-refractivity contribution is 5.83. The Morgan fingerprint density at radius 3 is 2.22 bits per heavy atom. The van der Waals surface area contributed by atoms with Crippen LogP contribution in [0.15, 0.2) is 77.9 Å². The first-order valence-electron chi connectivity index (χ1n) is 7.73. The quantitative estimate of drug-likeness (QED) is 0.505. The first-order chi connectivity index (χ1) is 11.2. The van der Waals surface area contributed by atoms with Crippen LogP contribution in [0.25, 0.3) is 11.1 Å². The molecule has 0 saturated heterocycles. The fraction of sp³-hybridized carbons (Fsp3) is 0.0952. The molecule has 0 aromatic heterocycles. The van der Waals surface area contributed by atoms with E-state index in [4.69, 9.17) is 0 Å². The summed E-state index contributed by atoms with van der Waals surface area (Å²) in [6.45, 7) is 4.26. The van der Waals surface area contributed by atoms with Crippen molar-refractivity contribution in [3.8, 4) is 11.1 Å². The number of nitrogens with one attached hydrogen (secondary N) is 1. The van der Waals surface area contributed by atoms with Crippen LogP contribution in [-0.4, -0.2) is 6.21 Å². The van der Waals surface area contributed by atoms with Gasteiger partial charge in [0.05, 0.1) is 11.9 Å². The molecule has 2 heteroatoms. The van der Waals surface area contributed by atoms with Crippen molar-refractivity contribution in [3.63, 3.8) is 0 Å². The van der Waals surface area contributed by atoms with Crippen molar-refractivity contribution >= 4 is 11.9 Å². The Morgan fingerprint density at radius 1 is 0.739 bits per heavy atom. The van der Waals surface area contributed by atoms with Gasteiger partial charge in [0.25, 0.3) is 0 Å². The highest BCUT2D eigenvalue weighted by Gasteiger charge is 2.00. The molecule has 0 fully saturated rings. The zero-order valence-corrected chi connectivity index (χ0v) is 13.5. The summed E-state index contributed by atoms with van der Waals surface area (Å²) in [6.07, 6.45) is 1.85. The second-order valence-electron chi connectivity index (χ2n) is 5.74. The van der Waals surface area contributed by atoms with E-state index in [1.807, 2.05) is 36.5 Å². The van der Waals surface area contributed by atoms with Gasteiger partial charge in [0, 0.05) is 0 Å². The van der Waals surface area contributed by atoms with Gasteiger partial charge >= 0.3 is 0 Å². The van der Waals surface area contributed by atoms with Gasteiger partial charge in [-0.2, -0.15) is 5.10 Å². The first-order valence-corrected chi connectivity index (χ1v) is 7.73. The summed E-state index contributed by atoms with van der Waals surface area (Å²) in [5.74, 6) is 0. The maximum atomic E-state index is 4.31. The maximum absolute atomic E-state index is 4.31. The molecule has 3 aromatic carbocycles. The Labute approximate surface area is 137 Å². The van der Waals surface area contributed by atoms with E-state index >= 15 is 0 Å². The standard InChI is InChI=1S/C21H20N2/c1-16-11-17(2)13-20(12-16)19-8-6-7-18(14-19)15-22-23-21-9-4-3-5-10-21/h3-15,23H,1-2H3. The number of hydrogen-bond acceptors (Lipinski definition) is 2. The van der Waals surface area contributed by atoms with Crippen molar-refractivity contribution in [1.82, 2.24) is 0 Å². The average Bonchev–Trinajstić information content (AvgIpc) is 2.55. The van der Waals surface area contributed by atoms with E-state index in [1.165, 1.54) is 22.3 Å². The van der Waals surface area contributed by atoms with Crippen LogP contribution >= 0.6 is 0 Å². The molecule has 0 amide bonds. The minimum atomic E-state index is 0.981. The third kappa shape index (κ3) is 4.07. The normalized spacial score (nSPS) is 10.9. The molecule has 2 nitrogen and oxygen atoms in total. The van der Waals surface area contributed by atoms with E-state index in [0.717, 1.165) is 11.3 Å². The van der Waals surface area contributed by atoms with Gasteiger partial charge in [0.1, 0.15) is 0 Å². The first kappa shape index (κ1) is 15.0. The summed E-state index contributed by atoms with van der Waals surface area (Å²) in [7, 11) is 0. The molecular weight excluding hydrogens is 280 g/mol. The molecule has 0 unspecified atom stereocenters. The van der Waals surface area contributed by atoms with Gasteiger partial charge in [-0.3, -0.25) is 5.43 Å². The Hall–Kier alpha value is -2.87. The second kappa shape index (κ2) is 6.93. The van der Waals surface area contributed by atoms with Gasteiger partial charge in [-0.15, -0.1) is 0 Å². The molecule has 114 valence electrons. The SMILES string of the molecule is Cc1cc(C)cc(-c2cccc(C=NNc3ccccc3)c2)c1. The van der Waals surface area contributed by atoms with Gasteiger partial charge in [0.2, 0.25) is 0 Å². The van der Waals surface area contributed by atoms with Crippen LogP contribution in [0.1, 0.15) is 16.7 Å². The van der Waals surface area contributed by atoms with Crippen molar-refractivity contribution in [2.24, 2.45) is 5.10 Å².